The van der Waals surface area contributed by atoms with Gasteiger partial charge in [-0.1, -0.05) is 43.3 Å². The molecular weight excluding hydrogens is 240 g/mol. The highest BCUT2D eigenvalue weighted by Gasteiger charge is 2.35. The highest BCUT2D eigenvalue weighted by molar-refractivity contribution is 7.99. The molecule has 3 rings (SSSR count). The molecule has 1 aliphatic heterocycles. The van der Waals surface area contributed by atoms with Crippen molar-refractivity contribution in [3.63, 3.8) is 0 Å². The van der Waals surface area contributed by atoms with E-state index in [1.807, 2.05) is 17.8 Å². The summed E-state index contributed by atoms with van der Waals surface area (Å²) in [6.45, 7) is 3.07. The number of hydrogen-bond acceptors (Lipinski definition) is 2. The number of para-hydroxylation sites is 1. The van der Waals surface area contributed by atoms with E-state index in [-0.39, 0.29) is 5.41 Å². The van der Waals surface area contributed by atoms with Crippen molar-refractivity contribution < 1.29 is 4.74 Å². The zero-order valence-electron chi connectivity index (χ0n) is 10.4. The first-order valence-electron chi connectivity index (χ1n) is 6.18. The molecule has 0 amide bonds. The Balaban J connectivity index is 1.77. The van der Waals surface area contributed by atoms with Crippen molar-refractivity contribution in [1.29, 1.82) is 0 Å². The highest BCUT2D eigenvalue weighted by atomic mass is 32.2. The summed E-state index contributed by atoms with van der Waals surface area (Å²) in [7, 11) is 0. The van der Waals surface area contributed by atoms with Crippen LogP contribution < -0.4 is 4.74 Å². The molecule has 2 aromatic carbocycles. The molecule has 1 aliphatic rings. The Labute approximate surface area is 112 Å². The molecule has 1 atom stereocenters. The van der Waals surface area contributed by atoms with Gasteiger partial charge in [0.15, 0.2) is 0 Å². The van der Waals surface area contributed by atoms with E-state index >= 15 is 0 Å². The molecule has 0 fully saturated rings. The van der Waals surface area contributed by atoms with Crippen LogP contribution in [0.2, 0.25) is 0 Å². The lowest BCUT2D eigenvalue weighted by molar-refractivity contribution is 0.294. The Kier molecular flexibility index (Phi) is 3.04. The predicted molar refractivity (Wildman–Crippen MR) is 76.5 cm³/mol. The van der Waals surface area contributed by atoms with Crippen molar-refractivity contribution >= 4 is 11.8 Å². The van der Waals surface area contributed by atoms with Crippen LogP contribution in [0.5, 0.6) is 5.75 Å². The van der Waals surface area contributed by atoms with Crippen molar-refractivity contribution in [3.05, 3.63) is 60.2 Å². The lowest BCUT2D eigenvalue weighted by Crippen LogP contribution is -2.26. The lowest BCUT2D eigenvalue weighted by atomic mass is 9.87. The van der Waals surface area contributed by atoms with Crippen LogP contribution in [0, 0.1) is 0 Å². The first-order chi connectivity index (χ1) is 8.78. The number of rotatable bonds is 3. The normalized spacial score (nSPS) is 21.4. The standard InChI is InChI=1S/C16H16OS/c1-16(12-18-13-7-3-2-4-8-13)11-17-15-10-6-5-9-14(15)16/h2-10H,11-12H2,1H3. The summed E-state index contributed by atoms with van der Waals surface area (Å²) in [6.07, 6.45) is 0. The van der Waals surface area contributed by atoms with Gasteiger partial charge in [0.1, 0.15) is 5.75 Å². The molecule has 1 heterocycles. The van der Waals surface area contributed by atoms with Gasteiger partial charge in [-0.2, -0.15) is 0 Å². The van der Waals surface area contributed by atoms with Crippen molar-refractivity contribution in [3.8, 4) is 5.75 Å². The first-order valence-corrected chi connectivity index (χ1v) is 7.17. The van der Waals surface area contributed by atoms with Crippen LogP contribution in [0.25, 0.3) is 0 Å². The van der Waals surface area contributed by atoms with E-state index in [0.717, 1.165) is 18.1 Å². The van der Waals surface area contributed by atoms with Gasteiger partial charge in [-0.3, -0.25) is 0 Å². The minimum Gasteiger partial charge on any atom is -0.492 e. The second kappa shape index (κ2) is 4.69. The summed E-state index contributed by atoms with van der Waals surface area (Å²) >= 11 is 1.90. The van der Waals surface area contributed by atoms with Gasteiger partial charge in [-0.05, 0) is 18.2 Å². The zero-order chi connectivity index (χ0) is 12.4. The van der Waals surface area contributed by atoms with Gasteiger partial charge in [0.05, 0.1) is 6.61 Å². The molecule has 1 unspecified atom stereocenters. The second-order valence-corrected chi connectivity index (χ2v) is 6.00. The van der Waals surface area contributed by atoms with Crippen LogP contribution in [0.15, 0.2) is 59.5 Å². The number of ether oxygens (including phenoxy) is 1. The Morgan fingerprint density at radius 1 is 1.06 bits per heavy atom. The molecule has 0 spiro atoms. The molecule has 1 nitrogen and oxygen atoms in total. The van der Waals surface area contributed by atoms with E-state index in [1.165, 1.54) is 10.5 Å². The second-order valence-electron chi connectivity index (χ2n) is 4.95. The third kappa shape index (κ3) is 2.13. The van der Waals surface area contributed by atoms with Crippen molar-refractivity contribution in [2.45, 2.75) is 17.2 Å². The topological polar surface area (TPSA) is 9.23 Å². The van der Waals surface area contributed by atoms with E-state index < -0.39 is 0 Å². The highest BCUT2D eigenvalue weighted by Crippen LogP contribution is 2.41. The smallest absolute Gasteiger partial charge is 0.123 e. The monoisotopic (exact) mass is 256 g/mol. The minimum atomic E-state index is 0.122. The average Bonchev–Trinajstić information content (AvgIpc) is 2.77. The van der Waals surface area contributed by atoms with Gasteiger partial charge < -0.3 is 4.74 Å². The molecule has 0 aromatic heterocycles. The molecule has 2 aromatic rings. The van der Waals surface area contributed by atoms with E-state index in [0.29, 0.717) is 0 Å². The molecule has 0 aliphatic carbocycles. The fraction of sp³-hybridized carbons (Fsp3) is 0.250. The zero-order valence-corrected chi connectivity index (χ0v) is 11.2. The molecular formula is C16H16OS. The van der Waals surface area contributed by atoms with Crippen LogP contribution >= 0.6 is 11.8 Å². The summed E-state index contributed by atoms with van der Waals surface area (Å²) in [4.78, 5) is 1.32. The largest absolute Gasteiger partial charge is 0.492 e. The SMILES string of the molecule is CC1(CSc2ccccc2)COc2ccccc21. The van der Waals surface area contributed by atoms with Crippen LogP contribution in [-0.2, 0) is 5.41 Å². The van der Waals surface area contributed by atoms with Crippen LogP contribution in [0.1, 0.15) is 12.5 Å². The van der Waals surface area contributed by atoms with E-state index in [9.17, 15) is 0 Å². The van der Waals surface area contributed by atoms with Gasteiger partial charge >= 0.3 is 0 Å². The molecule has 0 N–H and O–H groups in total. The van der Waals surface area contributed by atoms with Gasteiger partial charge in [0.2, 0.25) is 0 Å². The third-order valence-electron chi connectivity index (χ3n) is 3.38. The van der Waals surface area contributed by atoms with Gasteiger partial charge in [-0.15, -0.1) is 11.8 Å². The Hall–Kier alpha value is -1.41. The molecule has 0 radical (unpaired) electrons. The molecule has 0 saturated carbocycles. The van der Waals surface area contributed by atoms with Crippen molar-refractivity contribution in [2.75, 3.05) is 12.4 Å². The van der Waals surface area contributed by atoms with E-state index in [2.05, 4.69) is 55.5 Å². The summed E-state index contributed by atoms with van der Waals surface area (Å²) in [5, 5.41) is 0. The summed E-state index contributed by atoms with van der Waals surface area (Å²) < 4.78 is 5.79. The van der Waals surface area contributed by atoms with Crippen LogP contribution in [0.4, 0.5) is 0 Å². The van der Waals surface area contributed by atoms with Gasteiger partial charge in [0.25, 0.3) is 0 Å². The summed E-state index contributed by atoms with van der Waals surface area (Å²) in [5.74, 6) is 2.10. The Morgan fingerprint density at radius 3 is 2.61 bits per heavy atom. The molecule has 92 valence electrons. The summed E-state index contributed by atoms with van der Waals surface area (Å²) in [5.41, 5.74) is 1.46. The number of fused-ring (bicyclic) bond motifs is 1. The predicted octanol–water partition coefficient (Wildman–Crippen LogP) is 4.13. The fourth-order valence-corrected chi connectivity index (χ4v) is 3.36. The van der Waals surface area contributed by atoms with Crippen LogP contribution in [0.3, 0.4) is 0 Å². The Morgan fingerprint density at radius 2 is 1.78 bits per heavy atom. The fourth-order valence-electron chi connectivity index (χ4n) is 2.28. The Bertz CT molecular complexity index is 538. The van der Waals surface area contributed by atoms with Gasteiger partial charge in [0, 0.05) is 21.6 Å². The number of hydrogen-bond donors (Lipinski definition) is 0. The third-order valence-corrected chi connectivity index (χ3v) is 4.77. The van der Waals surface area contributed by atoms with Crippen LogP contribution in [-0.4, -0.2) is 12.4 Å². The maximum Gasteiger partial charge on any atom is 0.123 e. The first kappa shape index (κ1) is 11.7. The van der Waals surface area contributed by atoms with Gasteiger partial charge in [-0.25, -0.2) is 0 Å². The molecule has 2 heteroatoms. The number of benzene rings is 2. The van der Waals surface area contributed by atoms with Crippen molar-refractivity contribution in [2.24, 2.45) is 0 Å². The maximum atomic E-state index is 5.79. The molecule has 18 heavy (non-hydrogen) atoms. The minimum absolute atomic E-state index is 0.122. The molecule has 0 saturated heterocycles. The molecule has 0 bridgehead atoms. The van der Waals surface area contributed by atoms with E-state index in [1.54, 1.807) is 0 Å². The quantitative estimate of drug-likeness (QED) is 0.764. The lowest BCUT2D eigenvalue weighted by Gasteiger charge is -2.22. The maximum absolute atomic E-state index is 5.79. The van der Waals surface area contributed by atoms with E-state index in [4.69, 9.17) is 4.74 Å². The number of thioether (sulfide) groups is 1. The average molecular weight is 256 g/mol. The summed E-state index contributed by atoms with van der Waals surface area (Å²) in [6, 6.07) is 18.9. The van der Waals surface area contributed by atoms with Crippen molar-refractivity contribution in [1.82, 2.24) is 0 Å².